The van der Waals surface area contributed by atoms with Crippen molar-refractivity contribution in [3.63, 3.8) is 0 Å². The van der Waals surface area contributed by atoms with E-state index in [-0.39, 0.29) is 5.78 Å². The van der Waals surface area contributed by atoms with Crippen molar-refractivity contribution < 1.29 is 4.79 Å². The molecule has 0 unspecified atom stereocenters. The number of hydrogen-bond donors (Lipinski definition) is 0. The Kier molecular flexibility index (Phi) is 3.77. The molecule has 16 heavy (non-hydrogen) atoms. The van der Waals surface area contributed by atoms with Crippen LogP contribution in [0.5, 0.6) is 0 Å². The molecule has 0 amide bonds. The largest absolute Gasteiger partial charge is 0.279 e. The molecule has 2 rings (SSSR count). The van der Waals surface area contributed by atoms with E-state index in [2.05, 4.69) is 11.8 Å². The smallest absolute Gasteiger partial charge is 0.235 e. The van der Waals surface area contributed by atoms with Gasteiger partial charge in [0.15, 0.2) is 0 Å². The van der Waals surface area contributed by atoms with Gasteiger partial charge in [-0.2, -0.15) is 0 Å². The molecule has 0 aromatic heterocycles. The van der Waals surface area contributed by atoms with E-state index in [0.29, 0.717) is 11.5 Å². The van der Waals surface area contributed by atoms with Crippen molar-refractivity contribution in [2.45, 2.75) is 32.1 Å². The van der Waals surface area contributed by atoms with E-state index in [9.17, 15) is 4.79 Å². The molecule has 1 aromatic carbocycles. The van der Waals surface area contributed by atoms with Crippen molar-refractivity contribution >= 4 is 5.78 Å². The van der Waals surface area contributed by atoms with Crippen LogP contribution < -0.4 is 0 Å². The van der Waals surface area contributed by atoms with Gasteiger partial charge >= 0.3 is 0 Å². The first-order valence-electron chi connectivity index (χ1n) is 5.97. The Hall–Kier alpha value is -1.55. The minimum atomic E-state index is -0.0498. The van der Waals surface area contributed by atoms with Gasteiger partial charge in [0.05, 0.1) is 0 Å². The summed E-state index contributed by atoms with van der Waals surface area (Å²) >= 11 is 0. The van der Waals surface area contributed by atoms with Crippen LogP contribution in [-0.4, -0.2) is 5.78 Å². The lowest BCUT2D eigenvalue weighted by molar-refractivity contribution is 0.105. The molecule has 1 aliphatic rings. The van der Waals surface area contributed by atoms with Crippen LogP contribution in [0.1, 0.15) is 42.5 Å². The van der Waals surface area contributed by atoms with Crippen LogP contribution in [0.15, 0.2) is 30.3 Å². The van der Waals surface area contributed by atoms with E-state index in [1.54, 1.807) is 0 Å². The number of rotatable bonds is 1. The Morgan fingerprint density at radius 2 is 1.75 bits per heavy atom. The maximum Gasteiger partial charge on any atom is 0.235 e. The molecule has 1 aromatic rings. The van der Waals surface area contributed by atoms with Gasteiger partial charge in [-0.25, -0.2) is 0 Å². The fraction of sp³-hybridized carbons (Fsp3) is 0.400. The van der Waals surface area contributed by atoms with Gasteiger partial charge < -0.3 is 0 Å². The highest BCUT2D eigenvalue weighted by atomic mass is 16.1. The first kappa shape index (κ1) is 11.0. The number of hydrogen-bond acceptors (Lipinski definition) is 1. The molecule has 1 aliphatic carbocycles. The fourth-order valence-corrected chi connectivity index (χ4v) is 2.08. The molecular formula is C15H16O. The minimum absolute atomic E-state index is 0.0498. The van der Waals surface area contributed by atoms with Crippen molar-refractivity contribution in [3.05, 3.63) is 35.9 Å². The van der Waals surface area contributed by atoms with Crippen molar-refractivity contribution in [2.24, 2.45) is 5.92 Å². The van der Waals surface area contributed by atoms with Crippen molar-refractivity contribution in [1.29, 1.82) is 0 Å². The molecule has 0 N–H and O–H groups in total. The zero-order chi connectivity index (χ0) is 11.2. The van der Waals surface area contributed by atoms with Crippen LogP contribution in [0.2, 0.25) is 0 Å². The number of carbonyl (C=O) groups excluding carboxylic acids is 1. The Labute approximate surface area is 96.9 Å². The monoisotopic (exact) mass is 212 g/mol. The Morgan fingerprint density at radius 1 is 1.06 bits per heavy atom. The third kappa shape index (κ3) is 2.97. The molecule has 0 atom stereocenters. The first-order chi connectivity index (χ1) is 7.86. The van der Waals surface area contributed by atoms with Gasteiger partial charge in [0.1, 0.15) is 0 Å². The van der Waals surface area contributed by atoms with Crippen LogP contribution in [0, 0.1) is 17.8 Å². The van der Waals surface area contributed by atoms with Gasteiger partial charge in [0.2, 0.25) is 5.78 Å². The van der Waals surface area contributed by atoms with Crippen LogP contribution in [0.4, 0.5) is 0 Å². The highest BCUT2D eigenvalue weighted by Crippen LogP contribution is 2.22. The summed E-state index contributed by atoms with van der Waals surface area (Å²) in [6, 6.07) is 9.28. The third-order valence-corrected chi connectivity index (χ3v) is 3.03. The number of ketones is 1. The quantitative estimate of drug-likeness (QED) is 0.396. The summed E-state index contributed by atoms with van der Waals surface area (Å²) in [5.41, 5.74) is 0.700. The standard InChI is InChI=1S/C15H16O/c16-15(14-9-5-2-6-10-14)12-11-13-7-3-1-4-8-13/h2,5-6,9-10,13H,1,3-4,7-8H2. The average molecular weight is 212 g/mol. The summed E-state index contributed by atoms with van der Waals surface area (Å²) in [5, 5.41) is 0. The van der Waals surface area contributed by atoms with Gasteiger partial charge in [-0.1, -0.05) is 55.5 Å². The van der Waals surface area contributed by atoms with E-state index in [4.69, 9.17) is 0 Å². The maximum atomic E-state index is 11.7. The fourth-order valence-electron chi connectivity index (χ4n) is 2.08. The molecule has 0 bridgehead atoms. The highest BCUT2D eigenvalue weighted by molar-refractivity contribution is 6.08. The SMILES string of the molecule is O=C(C#CC1CCCCC1)c1ccccc1. The number of carbonyl (C=O) groups is 1. The lowest BCUT2D eigenvalue weighted by atomic mass is 9.89. The second-order valence-electron chi connectivity index (χ2n) is 4.30. The zero-order valence-electron chi connectivity index (χ0n) is 9.41. The molecule has 0 saturated heterocycles. The summed E-state index contributed by atoms with van der Waals surface area (Å²) in [6.07, 6.45) is 6.17. The maximum absolute atomic E-state index is 11.7. The van der Waals surface area contributed by atoms with E-state index in [0.717, 1.165) is 12.8 Å². The van der Waals surface area contributed by atoms with Crippen LogP contribution in [-0.2, 0) is 0 Å². The molecule has 0 spiro atoms. The normalized spacial score (nSPS) is 16.2. The number of benzene rings is 1. The zero-order valence-corrected chi connectivity index (χ0v) is 9.41. The van der Waals surface area contributed by atoms with Crippen molar-refractivity contribution in [2.75, 3.05) is 0 Å². The minimum Gasteiger partial charge on any atom is -0.279 e. The first-order valence-corrected chi connectivity index (χ1v) is 5.97. The molecule has 1 saturated carbocycles. The molecule has 0 heterocycles. The van der Waals surface area contributed by atoms with Crippen molar-refractivity contribution in [1.82, 2.24) is 0 Å². The van der Waals surface area contributed by atoms with Gasteiger partial charge in [-0.3, -0.25) is 4.79 Å². The second-order valence-corrected chi connectivity index (χ2v) is 4.30. The van der Waals surface area contributed by atoms with E-state index < -0.39 is 0 Å². The van der Waals surface area contributed by atoms with E-state index in [1.807, 2.05) is 30.3 Å². The second kappa shape index (κ2) is 5.51. The number of Topliss-reactive ketones (excluding diaryl/α,β-unsaturated/α-hetero) is 1. The Morgan fingerprint density at radius 3 is 2.44 bits per heavy atom. The summed E-state index contributed by atoms with van der Waals surface area (Å²) < 4.78 is 0. The van der Waals surface area contributed by atoms with E-state index >= 15 is 0 Å². The molecule has 1 fully saturated rings. The van der Waals surface area contributed by atoms with Crippen LogP contribution in [0.3, 0.4) is 0 Å². The molecule has 1 heteroatoms. The topological polar surface area (TPSA) is 17.1 Å². The lowest BCUT2D eigenvalue weighted by Gasteiger charge is -2.15. The van der Waals surface area contributed by atoms with Gasteiger partial charge in [-0.15, -0.1) is 0 Å². The Bertz CT molecular complexity index is 402. The third-order valence-electron chi connectivity index (χ3n) is 3.03. The Balaban J connectivity index is 1.99. The molecule has 82 valence electrons. The van der Waals surface area contributed by atoms with Crippen LogP contribution in [0.25, 0.3) is 0 Å². The molecule has 0 radical (unpaired) electrons. The van der Waals surface area contributed by atoms with Crippen molar-refractivity contribution in [3.8, 4) is 11.8 Å². The molecule has 1 nitrogen and oxygen atoms in total. The molecular weight excluding hydrogens is 196 g/mol. The summed E-state index contributed by atoms with van der Waals surface area (Å²) in [7, 11) is 0. The van der Waals surface area contributed by atoms with E-state index in [1.165, 1.54) is 19.3 Å². The average Bonchev–Trinajstić information content (AvgIpc) is 2.38. The summed E-state index contributed by atoms with van der Waals surface area (Å²) in [6.45, 7) is 0. The predicted molar refractivity (Wildman–Crippen MR) is 65.1 cm³/mol. The van der Waals surface area contributed by atoms with Gasteiger partial charge in [0.25, 0.3) is 0 Å². The van der Waals surface area contributed by atoms with Crippen LogP contribution >= 0.6 is 0 Å². The van der Waals surface area contributed by atoms with Gasteiger partial charge in [-0.05, 0) is 18.8 Å². The summed E-state index contributed by atoms with van der Waals surface area (Å²) in [4.78, 5) is 11.7. The summed E-state index contributed by atoms with van der Waals surface area (Å²) in [5.74, 6) is 6.30. The lowest BCUT2D eigenvalue weighted by Crippen LogP contribution is -2.04. The highest BCUT2D eigenvalue weighted by Gasteiger charge is 2.10. The molecule has 0 aliphatic heterocycles. The van der Waals surface area contributed by atoms with Gasteiger partial charge in [0, 0.05) is 11.5 Å². The predicted octanol–water partition coefficient (Wildman–Crippen LogP) is 3.45.